The summed E-state index contributed by atoms with van der Waals surface area (Å²) in [4.78, 5) is 11.1. The summed E-state index contributed by atoms with van der Waals surface area (Å²) < 4.78 is 10.7. The Morgan fingerprint density at radius 1 is 1.50 bits per heavy atom. The third-order valence-corrected chi connectivity index (χ3v) is 2.60. The van der Waals surface area contributed by atoms with Crippen LogP contribution in [0.4, 0.5) is 0 Å². The Balaban J connectivity index is 3.83. The normalized spacial score (nSPS) is 12.6. The van der Waals surface area contributed by atoms with Crippen molar-refractivity contribution >= 4 is 15.0 Å². The van der Waals surface area contributed by atoms with Gasteiger partial charge in [0, 0.05) is 5.57 Å². The number of hydrogen-bond donors (Lipinski definition) is 0. The molecule has 0 radical (unpaired) electrons. The lowest BCUT2D eigenvalue weighted by atomic mass is 10.3. The maximum atomic E-state index is 11.1. The topological polar surface area (TPSA) is 35.5 Å². The molecule has 14 heavy (non-hydrogen) atoms. The van der Waals surface area contributed by atoms with Crippen molar-refractivity contribution in [3.05, 3.63) is 12.2 Å². The minimum atomic E-state index is -1.05. The Morgan fingerprint density at radius 3 is 2.43 bits per heavy atom. The fourth-order valence-electron chi connectivity index (χ4n) is 0.930. The first-order chi connectivity index (χ1) is 6.47. The van der Waals surface area contributed by atoms with Gasteiger partial charge in [-0.15, -0.1) is 0 Å². The summed E-state index contributed by atoms with van der Waals surface area (Å²) in [5.41, 5.74) is 0.432. The van der Waals surface area contributed by atoms with Crippen LogP contribution in [-0.4, -0.2) is 27.7 Å². The van der Waals surface area contributed by atoms with E-state index in [-0.39, 0.29) is 12.1 Å². The van der Waals surface area contributed by atoms with Crippen LogP contribution >= 0.6 is 0 Å². The molecule has 0 aliphatic heterocycles. The van der Waals surface area contributed by atoms with Gasteiger partial charge in [-0.2, -0.15) is 0 Å². The van der Waals surface area contributed by atoms with Crippen LogP contribution < -0.4 is 0 Å². The van der Waals surface area contributed by atoms with Crippen LogP contribution in [-0.2, 0) is 14.0 Å². The summed E-state index contributed by atoms with van der Waals surface area (Å²) >= 11 is 0. The second kappa shape index (κ2) is 6.78. The van der Waals surface area contributed by atoms with E-state index in [4.69, 9.17) is 9.16 Å². The number of hydrogen-bond acceptors (Lipinski definition) is 3. The molecular weight excluding hydrogens is 196 g/mol. The van der Waals surface area contributed by atoms with E-state index in [1.165, 1.54) is 0 Å². The first kappa shape index (κ1) is 13.4. The van der Waals surface area contributed by atoms with Crippen LogP contribution in [0.1, 0.15) is 20.3 Å². The number of carbonyl (C=O) groups excluding carboxylic acids is 1. The van der Waals surface area contributed by atoms with Crippen molar-refractivity contribution < 1.29 is 14.0 Å². The number of carbonyl (C=O) groups is 1. The van der Waals surface area contributed by atoms with Gasteiger partial charge in [-0.1, -0.05) is 13.5 Å². The molecular formula is C10H20O3Si. The predicted molar refractivity (Wildman–Crippen MR) is 59.8 cm³/mol. The molecule has 0 aromatic heterocycles. The highest BCUT2D eigenvalue weighted by Crippen LogP contribution is 2.03. The number of rotatable bonds is 6. The van der Waals surface area contributed by atoms with E-state index in [1.807, 2.05) is 6.92 Å². The lowest BCUT2D eigenvalue weighted by molar-refractivity contribution is -0.141. The van der Waals surface area contributed by atoms with E-state index in [2.05, 4.69) is 19.7 Å². The van der Waals surface area contributed by atoms with Gasteiger partial charge in [0.2, 0.25) is 0 Å². The molecule has 1 unspecified atom stereocenters. The largest absolute Gasteiger partial charge is 0.460 e. The Labute approximate surface area is 87.8 Å². The van der Waals surface area contributed by atoms with E-state index in [1.54, 1.807) is 6.92 Å². The highest BCUT2D eigenvalue weighted by molar-refractivity contribution is 6.48. The third kappa shape index (κ3) is 5.94. The van der Waals surface area contributed by atoms with Gasteiger partial charge in [0.1, 0.15) is 6.61 Å². The second-order valence-corrected chi connectivity index (χ2v) is 5.96. The molecule has 0 fully saturated rings. The third-order valence-electron chi connectivity index (χ3n) is 1.67. The van der Waals surface area contributed by atoms with Crippen molar-refractivity contribution in [1.29, 1.82) is 0 Å². The zero-order chi connectivity index (χ0) is 11.1. The van der Waals surface area contributed by atoms with Crippen molar-refractivity contribution in [2.24, 2.45) is 0 Å². The van der Waals surface area contributed by atoms with Gasteiger partial charge >= 0.3 is 5.97 Å². The van der Waals surface area contributed by atoms with E-state index in [0.29, 0.717) is 12.2 Å². The molecule has 0 saturated carbocycles. The zero-order valence-electron chi connectivity index (χ0n) is 9.50. The lowest BCUT2D eigenvalue weighted by Crippen LogP contribution is -2.26. The standard InChI is InChI=1S/C10H20O3Si/c1-6-9(13-14(4)5)7-12-10(11)8(2)3/h9,14H,2,6-7H2,1,3-5H3. The molecule has 0 spiro atoms. The van der Waals surface area contributed by atoms with Gasteiger partial charge in [0.25, 0.3) is 0 Å². The second-order valence-electron chi connectivity index (χ2n) is 3.59. The van der Waals surface area contributed by atoms with Gasteiger partial charge in [0.15, 0.2) is 9.04 Å². The zero-order valence-corrected chi connectivity index (χ0v) is 10.7. The van der Waals surface area contributed by atoms with Crippen LogP contribution in [0, 0.1) is 0 Å². The molecule has 82 valence electrons. The molecule has 0 saturated heterocycles. The quantitative estimate of drug-likeness (QED) is 0.386. The average molecular weight is 216 g/mol. The molecule has 3 nitrogen and oxygen atoms in total. The summed E-state index contributed by atoms with van der Waals surface area (Å²) in [6.45, 7) is 11.7. The summed E-state index contributed by atoms with van der Waals surface area (Å²) in [5.74, 6) is -0.336. The van der Waals surface area contributed by atoms with Gasteiger partial charge in [-0.05, 0) is 26.4 Å². The highest BCUT2D eigenvalue weighted by Gasteiger charge is 2.12. The number of ether oxygens (including phenoxy) is 1. The highest BCUT2D eigenvalue weighted by atomic mass is 28.3. The molecule has 1 atom stereocenters. The summed E-state index contributed by atoms with van der Waals surface area (Å²) in [6, 6.07) is 0. The monoisotopic (exact) mass is 216 g/mol. The Kier molecular flexibility index (Phi) is 6.49. The van der Waals surface area contributed by atoms with E-state index in [9.17, 15) is 4.79 Å². The van der Waals surface area contributed by atoms with Gasteiger partial charge in [0.05, 0.1) is 6.10 Å². The summed E-state index contributed by atoms with van der Waals surface area (Å²) in [6.07, 6.45) is 0.916. The Hall–Kier alpha value is -0.613. The predicted octanol–water partition coefficient (Wildman–Crippen LogP) is 1.88. The Morgan fingerprint density at radius 2 is 2.07 bits per heavy atom. The van der Waals surface area contributed by atoms with Gasteiger partial charge < -0.3 is 9.16 Å². The molecule has 4 heteroatoms. The van der Waals surface area contributed by atoms with Crippen LogP contribution in [0.5, 0.6) is 0 Å². The van der Waals surface area contributed by atoms with Gasteiger partial charge in [-0.3, -0.25) is 0 Å². The van der Waals surface area contributed by atoms with Crippen molar-refractivity contribution in [3.63, 3.8) is 0 Å². The summed E-state index contributed by atoms with van der Waals surface area (Å²) in [5, 5.41) is 0. The minimum absolute atomic E-state index is 0.0463. The van der Waals surface area contributed by atoms with Crippen LogP contribution in [0.3, 0.4) is 0 Å². The fraction of sp³-hybridized carbons (Fsp3) is 0.700. The van der Waals surface area contributed by atoms with Crippen LogP contribution in [0.15, 0.2) is 12.2 Å². The molecule has 0 aliphatic rings. The van der Waals surface area contributed by atoms with Crippen molar-refractivity contribution in [2.45, 2.75) is 39.5 Å². The Bertz CT molecular complexity index is 202. The number of esters is 1. The maximum absolute atomic E-state index is 11.1. The first-order valence-corrected chi connectivity index (χ1v) is 7.73. The maximum Gasteiger partial charge on any atom is 0.333 e. The molecule has 0 aromatic carbocycles. The van der Waals surface area contributed by atoms with Crippen molar-refractivity contribution in [3.8, 4) is 0 Å². The fourth-order valence-corrected chi connectivity index (χ4v) is 1.97. The smallest absolute Gasteiger partial charge is 0.333 e. The van der Waals surface area contributed by atoms with E-state index >= 15 is 0 Å². The molecule has 0 heterocycles. The van der Waals surface area contributed by atoms with Crippen LogP contribution in [0.2, 0.25) is 13.1 Å². The molecule has 0 rings (SSSR count). The summed E-state index contributed by atoms with van der Waals surface area (Å²) in [7, 11) is -1.05. The molecule has 0 aliphatic carbocycles. The lowest BCUT2D eigenvalue weighted by Gasteiger charge is -2.18. The molecule has 0 N–H and O–H groups in total. The van der Waals surface area contributed by atoms with E-state index < -0.39 is 9.04 Å². The molecule has 0 aromatic rings. The molecule has 0 bridgehead atoms. The first-order valence-electron chi connectivity index (χ1n) is 4.95. The van der Waals surface area contributed by atoms with Crippen molar-refractivity contribution in [2.75, 3.05) is 6.61 Å². The van der Waals surface area contributed by atoms with E-state index in [0.717, 1.165) is 6.42 Å². The average Bonchev–Trinajstić information content (AvgIpc) is 2.10. The van der Waals surface area contributed by atoms with Crippen LogP contribution in [0.25, 0.3) is 0 Å². The molecule has 0 amide bonds. The minimum Gasteiger partial charge on any atom is -0.460 e. The van der Waals surface area contributed by atoms with Crippen molar-refractivity contribution in [1.82, 2.24) is 0 Å². The SMILES string of the molecule is C=C(C)C(=O)OCC(CC)O[SiH](C)C. The van der Waals surface area contributed by atoms with Gasteiger partial charge in [-0.25, -0.2) is 4.79 Å².